The van der Waals surface area contributed by atoms with E-state index in [-0.39, 0.29) is 28.7 Å². The van der Waals surface area contributed by atoms with Crippen molar-refractivity contribution in [2.24, 2.45) is 23.2 Å². The third-order valence-electron chi connectivity index (χ3n) is 11.0. The smallest absolute Gasteiger partial charge is 0.310 e. The number of carboxylic acids is 1. The molecule has 3 N–H and O–H groups in total. The van der Waals surface area contributed by atoms with Crippen LogP contribution in [0.15, 0.2) is 36.5 Å². The van der Waals surface area contributed by atoms with Crippen LogP contribution in [0.1, 0.15) is 168 Å². The molecule has 2 rings (SSSR count). The summed E-state index contributed by atoms with van der Waals surface area (Å²) in [6.45, 7) is 4.44. The molecule has 260 valence electrons. The predicted molar refractivity (Wildman–Crippen MR) is 192 cm³/mol. The minimum absolute atomic E-state index is 0.00655. The number of unbranched alkanes of at least 4 members (excludes halogenated alkanes) is 14. The molecule has 2 fully saturated rings. The van der Waals surface area contributed by atoms with Crippen molar-refractivity contribution in [2.75, 3.05) is 0 Å². The first kappa shape index (κ1) is 40.1. The Morgan fingerprint density at radius 3 is 1.98 bits per heavy atom. The third kappa shape index (κ3) is 15.6. The van der Waals surface area contributed by atoms with E-state index in [9.17, 15) is 20.1 Å². The average Bonchev–Trinajstić information content (AvgIpc) is 3.26. The first-order valence-electron chi connectivity index (χ1n) is 19.1. The topological polar surface area (TPSA) is 77.8 Å². The Labute approximate surface area is 282 Å². The van der Waals surface area contributed by atoms with Crippen molar-refractivity contribution in [2.45, 2.75) is 186 Å². The standard InChI is InChI=1S/C40H69ClO4/c1-3-5-6-7-8-9-10-11-12-13-14-15-16-17-18-20-25-33(39(44)45)26-21-19-22-27-34-35(37(42)32-36(34)41)28-23-29-38(43)40(4-2)30-24-31-40/h19-20,22-23,25,28,33-38,42-43H,3-18,21,24,26-27,29-32H2,1-2H3,(H,44,45)/b22-19-,25-20+,28-23+/t33?,34-,35-,36-,37-,38+/m1/s1. The van der Waals surface area contributed by atoms with Gasteiger partial charge in [0.05, 0.1) is 18.1 Å². The molecule has 4 nitrogen and oxygen atoms in total. The zero-order valence-corrected chi connectivity index (χ0v) is 29.8. The Morgan fingerprint density at radius 1 is 0.844 bits per heavy atom. The van der Waals surface area contributed by atoms with E-state index in [1.165, 1.54) is 89.9 Å². The van der Waals surface area contributed by atoms with Crippen molar-refractivity contribution < 1.29 is 20.1 Å². The number of aliphatic hydroxyl groups excluding tert-OH is 2. The summed E-state index contributed by atoms with van der Waals surface area (Å²) in [4.78, 5) is 11.8. The molecule has 0 aliphatic heterocycles. The van der Waals surface area contributed by atoms with Crippen molar-refractivity contribution in [3.05, 3.63) is 36.5 Å². The maximum Gasteiger partial charge on any atom is 0.310 e. The lowest BCUT2D eigenvalue weighted by atomic mass is 9.63. The van der Waals surface area contributed by atoms with Gasteiger partial charge in [0.1, 0.15) is 0 Å². The fourth-order valence-corrected chi connectivity index (χ4v) is 7.95. The average molecular weight is 649 g/mol. The second kappa shape index (κ2) is 24.1. The molecular weight excluding hydrogens is 580 g/mol. The molecule has 0 aromatic heterocycles. The van der Waals surface area contributed by atoms with Crippen LogP contribution in [0.5, 0.6) is 0 Å². The van der Waals surface area contributed by atoms with E-state index in [1.807, 2.05) is 6.08 Å². The molecule has 0 radical (unpaired) electrons. The third-order valence-corrected chi connectivity index (χ3v) is 11.5. The van der Waals surface area contributed by atoms with Crippen LogP contribution < -0.4 is 0 Å². The Bertz CT molecular complexity index is 842. The Hall–Kier alpha value is -1.10. The van der Waals surface area contributed by atoms with E-state index in [2.05, 4.69) is 44.2 Å². The number of carbonyl (C=O) groups is 1. The zero-order chi connectivity index (χ0) is 32.8. The summed E-state index contributed by atoms with van der Waals surface area (Å²) in [5.41, 5.74) is 0.0880. The Kier molecular flexibility index (Phi) is 21.5. The van der Waals surface area contributed by atoms with E-state index < -0.39 is 18.0 Å². The largest absolute Gasteiger partial charge is 0.481 e. The van der Waals surface area contributed by atoms with Crippen LogP contribution in [0.25, 0.3) is 0 Å². The summed E-state index contributed by atoms with van der Waals surface area (Å²) < 4.78 is 0. The van der Waals surface area contributed by atoms with Crippen molar-refractivity contribution >= 4 is 17.6 Å². The molecule has 0 saturated heterocycles. The van der Waals surface area contributed by atoms with Gasteiger partial charge in [-0.15, -0.1) is 11.6 Å². The van der Waals surface area contributed by atoms with Crippen LogP contribution in [0.3, 0.4) is 0 Å². The predicted octanol–water partition coefficient (Wildman–Crippen LogP) is 11.3. The highest BCUT2D eigenvalue weighted by Crippen LogP contribution is 2.48. The molecule has 2 aliphatic carbocycles. The number of hydrogen-bond acceptors (Lipinski definition) is 3. The number of halogens is 1. The van der Waals surface area contributed by atoms with Gasteiger partial charge in [-0.25, -0.2) is 0 Å². The van der Waals surface area contributed by atoms with Gasteiger partial charge in [-0.05, 0) is 75.5 Å². The van der Waals surface area contributed by atoms with E-state index >= 15 is 0 Å². The van der Waals surface area contributed by atoms with Gasteiger partial charge in [0.25, 0.3) is 0 Å². The van der Waals surface area contributed by atoms with Crippen LogP contribution >= 0.6 is 11.6 Å². The summed E-state index contributed by atoms with van der Waals surface area (Å²) in [7, 11) is 0. The summed E-state index contributed by atoms with van der Waals surface area (Å²) >= 11 is 6.63. The van der Waals surface area contributed by atoms with Crippen LogP contribution in [0.2, 0.25) is 0 Å². The fraction of sp³-hybridized carbons (Fsp3) is 0.825. The molecule has 2 saturated carbocycles. The monoisotopic (exact) mass is 648 g/mol. The van der Waals surface area contributed by atoms with Gasteiger partial charge in [-0.2, -0.15) is 0 Å². The highest BCUT2D eigenvalue weighted by molar-refractivity contribution is 6.21. The molecule has 0 aromatic rings. The van der Waals surface area contributed by atoms with Gasteiger partial charge in [0.15, 0.2) is 0 Å². The number of aliphatic hydroxyl groups is 2. The molecule has 1 unspecified atom stereocenters. The van der Waals surface area contributed by atoms with Gasteiger partial charge < -0.3 is 15.3 Å². The van der Waals surface area contributed by atoms with Crippen molar-refractivity contribution in [1.29, 1.82) is 0 Å². The molecule has 0 amide bonds. The minimum atomic E-state index is -0.750. The van der Waals surface area contributed by atoms with E-state index in [0.29, 0.717) is 25.7 Å². The number of aliphatic carboxylic acids is 1. The summed E-state index contributed by atoms with van der Waals surface area (Å²) in [6.07, 6.45) is 39.1. The molecule has 45 heavy (non-hydrogen) atoms. The van der Waals surface area contributed by atoms with Crippen molar-refractivity contribution in [1.82, 2.24) is 0 Å². The van der Waals surface area contributed by atoms with Gasteiger partial charge >= 0.3 is 5.97 Å². The van der Waals surface area contributed by atoms with E-state index in [1.54, 1.807) is 0 Å². The van der Waals surface area contributed by atoms with Crippen LogP contribution in [0, 0.1) is 23.2 Å². The zero-order valence-electron chi connectivity index (χ0n) is 29.0. The highest BCUT2D eigenvalue weighted by Gasteiger charge is 2.42. The lowest BCUT2D eigenvalue weighted by molar-refractivity contribution is -0.140. The van der Waals surface area contributed by atoms with Gasteiger partial charge in [0, 0.05) is 11.3 Å². The summed E-state index contributed by atoms with van der Waals surface area (Å²) in [5, 5.41) is 31.0. The summed E-state index contributed by atoms with van der Waals surface area (Å²) in [5.74, 6) is -1.05. The quantitative estimate of drug-likeness (QED) is 0.0470. The van der Waals surface area contributed by atoms with Gasteiger partial charge in [0.2, 0.25) is 0 Å². The summed E-state index contributed by atoms with van der Waals surface area (Å²) in [6, 6.07) is 0. The fourth-order valence-electron chi connectivity index (χ4n) is 7.50. The second-order valence-electron chi connectivity index (χ2n) is 14.4. The number of rotatable bonds is 27. The van der Waals surface area contributed by atoms with Crippen molar-refractivity contribution in [3.63, 3.8) is 0 Å². The normalized spacial score (nSPS) is 24.6. The second-order valence-corrected chi connectivity index (χ2v) is 14.9. The van der Waals surface area contributed by atoms with Gasteiger partial charge in [-0.3, -0.25) is 4.79 Å². The Balaban J connectivity index is 1.57. The molecule has 6 atom stereocenters. The molecular formula is C40H69ClO4. The SMILES string of the molecule is CCCCCCCCCCCCCCCC/C=C/C(CC/C=C\C[C@@H]1[C@@H](/C=C/C[C@H](O)C2(CC)CCC2)[C@H](O)C[C@H]1Cl)C(=O)O. The van der Waals surface area contributed by atoms with Crippen LogP contribution in [-0.2, 0) is 4.79 Å². The van der Waals surface area contributed by atoms with E-state index in [0.717, 1.165) is 38.5 Å². The number of hydrogen-bond donors (Lipinski definition) is 3. The molecule has 0 aromatic carbocycles. The first-order valence-corrected chi connectivity index (χ1v) is 19.5. The lowest BCUT2D eigenvalue weighted by Gasteiger charge is -2.45. The molecule has 0 spiro atoms. The Morgan fingerprint density at radius 2 is 1.44 bits per heavy atom. The molecule has 2 aliphatic rings. The maximum absolute atomic E-state index is 11.8. The van der Waals surface area contributed by atoms with Gasteiger partial charge in [-0.1, -0.05) is 140 Å². The molecule has 0 bridgehead atoms. The maximum atomic E-state index is 11.8. The number of allylic oxidation sites excluding steroid dienone is 3. The number of alkyl halides is 1. The first-order chi connectivity index (χ1) is 21.8. The number of carboxylic acid groups (broad SMARTS) is 1. The van der Waals surface area contributed by atoms with Crippen LogP contribution in [0.4, 0.5) is 0 Å². The molecule has 0 heterocycles. The van der Waals surface area contributed by atoms with Crippen molar-refractivity contribution in [3.8, 4) is 0 Å². The van der Waals surface area contributed by atoms with Crippen LogP contribution in [-0.4, -0.2) is 38.9 Å². The van der Waals surface area contributed by atoms with E-state index in [4.69, 9.17) is 11.6 Å². The lowest BCUT2D eigenvalue weighted by Crippen LogP contribution is -2.40. The minimum Gasteiger partial charge on any atom is -0.481 e. The molecule has 5 heteroatoms. The highest BCUT2D eigenvalue weighted by atomic mass is 35.5.